The summed E-state index contributed by atoms with van der Waals surface area (Å²) in [6.07, 6.45) is 3.28. The molecule has 15 heteroatoms. The molecule has 2 N–H and O–H groups in total. The molecule has 1 unspecified atom stereocenters. The topological polar surface area (TPSA) is 135 Å². The van der Waals surface area contributed by atoms with Crippen molar-refractivity contribution in [3.8, 4) is 0 Å². The van der Waals surface area contributed by atoms with E-state index < -0.39 is 23.0 Å². The van der Waals surface area contributed by atoms with Crippen LogP contribution in [-0.4, -0.2) is 44.4 Å². The van der Waals surface area contributed by atoms with Crippen molar-refractivity contribution in [1.29, 1.82) is 0 Å². The molecule has 1 fully saturated rings. The molecule has 2 aromatic heterocycles. The Labute approximate surface area is 421 Å². The summed E-state index contributed by atoms with van der Waals surface area (Å²) >= 11 is 11.1. The van der Waals surface area contributed by atoms with E-state index in [1.54, 1.807) is 6.20 Å². The van der Waals surface area contributed by atoms with Gasteiger partial charge in [0.2, 0.25) is 11.5 Å². The number of hydrogen-bond acceptors (Lipinski definition) is 12. The average Bonchev–Trinajstić information content (AvgIpc) is 4.00. The van der Waals surface area contributed by atoms with Gasteiger partial charge >= 0.3 is 11.9 Å². The fourth-order valence-corrected chi connectivity index (χ4v) is 12.2. The molecule has 0 radical (unpaired) electrons. The zero-order valence-corrected chi connectivity index (χ0v) is 40.7. The number of thiazole rings is 2. The number of halogens is 1. The molecule has 348 valence electrons. The lowest BCUT2D eigenvalue weighted by molar-refractivity contribution is -0.159. The number of benzene rings is 6. The van der Waals surface area contributed by atoms with E-state index >= 15 is 0 Å². The van der Waals surface area contributed by atoms with Gasteiger partial charge in [0.05, 0.1) is 0 Å². The first-order chi connectivity index (χ1) is 34.2. The number of anilines is 1. The van der Waals surface area contributed by atoms with E-state index in [-0.39, 0.29) is 33.4 Å². The number of aromatic nitrogens is 2. The van der Waals surface area contributed by atoms with E-state index in [2.05, 4.69) is 15.8 Å². The molecular weight excluding hydrogens is 956 g/mol. The first-order valence-electron chi connectivity index (χ1n) is 22.5. The summed E-state index contributed by atoms with van der Waals surface area (Å²) in [4.78, 5) is 67.4. The van der Waals surface area contributed by atoms with Crippen molar-refractivity contribution in [2.45, 2.75) is 47.7 Å². The maximum atomic E-state index is 14.9. The Kier molecular flexibility index (Phi) is 13.5. The summed E-state index contributed by atoms with van der Waals surface area (Å²) in [5, 5.41) is 8.81. The Morgan fingerprint density at radius 3 is 1.67 bits per heavy atom. The van der Waals surface area contributed by atoms with Crippen molar-refractivity contribution in [2.75, 3.05) is 5.32 Å². The second kappa shape index (κ2) is 20.3. The Morgan fingerprint density at radius 2 is 1.21 bits per heavy atom. The molecule has 11 nitrogen and oxygen atoms in total. The molecule has 4 heterocycles. The number of thioether (sulfide) groups is 1. The average molecular weight is 1000 g/mol. The van der Waals surface area contributed by atoms with Crippen molar-refractivity contribution >= 4 is 74.7 Å². The first-order valence-corrected chi connectivity index (χ1v) is 25.3. The second-order valence-corrected chi connectivity index (χ2v) is 20.7. The molecule has 0 spiro atoms. The summed E-state index contributed by atoms with van der Waals surface area (Å²) in [5.41, 5.74) is 4.47. The highest BCUT2D eigenvalue weighted by Gasteiger charge is 2.46. The zero-order valence-electron chi connectivity index (χ0n) is 37.5. The number of carbonyl (C=O) groups excluding carboxylic acids is 3. The van der Waals surface area contributed by atoms with Crippen LogP contribution < -0.4 is 10.8 Å². The van der Waals surface area contributed by atoms with Gasteiger partial charge in [-0.05, 0) is 36.5 Å². The van der Waals surface area contributed by atoms with Gasteiger partial charge in [0, 0.05) is 45.1 Å². The van der Waals surface area contributed by atoms with E-state index in [1.165, 1.54) is 28.0 Å². The molecular formula is C55H43ClN6O5S3. The highest BCUT2D eigenvalue weighted by atomic mass is 35.5. The van der Waals surface area contributed by atoms with Gasteiger partial charge in [0.25, 0.3) is 0 Å². The van der Waals surface area contributed by atoms with Gasteiger partial charge in [-0.2, -0.15) is 5.48 Å². The normalized spacial score (nSPS) is 14.9. The highest BCUT2D eigenvalue weighted by Crippen LogP contribution is 2.46. The number of nitrogens with zero attached hydrogens (tertiary/aromatic N) is 4. The molecule has 0 saturated carbocycles. The van der Waals surface area contributed by atoms with Crippen molar-refractivity contribution in [3.05, 3.63) is 247 Å². The van der Waals surface area contributed by atoms with Crippen molar-refractivity contribution in [2.24, 2.45) is 5.16 Å². The Balaban J connectivity index is 1.09. The molecule has 2 aliphatic heterocycles. The summed E-state index contributed by atoms with van der Waals surface area (Å²) in [7, 11) is 0. The van der Waals surface area contributed by atoms with Crippen LogP contribution in [0.5, 0.6) is 0 Å². The third-order valence-corrected chi connectivity index (χ3v) is 15.5. The minimum absolute atomic E-state index is 0.0425. The number of rotatable bonds is 15. The number of hydrogen-bond donors (Lipinski definition) is 2. The van der Waals surface area contributed by atoms with Crippen LogP contribution in [0.2, 0.25) is 4.34 Å². The van der Waals surface area contributed by atoms with Crippen LogP contribution in [0.3, 0.4) is 0 Å². The molecule has 2 aliphatic rings. The van der Waals surface area contributed by atoms with Crippen LogP contribution in [0.4, 0.5) is 5.13 Å². The predicted octanol–water partition coefficient (Wildman–Crippen LogP) is 11.7. The van der Waals surface area contributed by atoms with Crippen LogP contribution in [0.1, 0.15) is 63.2 Å². The molecule has 6 aromatic carbocycles. The quantitative estimate of drug-likeness (QED) is 0.0445. The number of allylic oxidation sites excluding steroid dienone is 1. The maximum absolute atomic E-state index is 14.9. The van der Waals surface area contributed by atoms with Gasteiger partial charge in [-0.25, -0.2) is 14.8 Å². The number of aryl methyl sites for hydroxylation is 1. The van der Waals surface area contributed by atoms with Gasteiger partial charge < -0.3 is 19.9 Å². The fraction of sp³-hybridized carbons (Fsp3) is 0.127. The lowest BCUT2D eigenvalue weighted by Gasteiger charge is -2.44. The van der Waals surface area contributed by atoms with Crippen molar-refractivity contribution in [1.82, 2.24) is 20.3 Å². The third kappa shape index (κ3) is 9.02. The zero-order chi connectivity index (χ0) is 48.1. The minimum Gasteiger partial charge on any atom is -0.374 e. The third-order valence-electron chi connectivity index (χ3n) is 12.2. The second-order valence-electron chi connectivity index (χ2n) is 16.5. The van der Waals surface area contributed by atoms with Crippen LogP contribution in [0, 0.1) is 6.92 Å². The minimum atomic E-state index is -1.42. The lowest BCUT2D eigenvalue weighted by atomic mass is 9.77. The van der Waals surface area contributed by atoms with E-state index in [0.29, 0.717) is 46.0 Å². The van der Waals surface area contributed by atoms with Gasteiger partial charge in [-0.15, -0.1) is 11.3 Å². The maximum Gasteiger partial charge on any atom is 0.380 e. The van der Waals surface area contributed by atoms with E-state index in [1.807, 2.05) is 189 Å². The number of hydroxylamine groups is 1. The molecule has 10 rings (SSSR count). The van der Waals surface area contributed by atoms with Crippen LogP contribution in [0.25, 0.3) is 0 Å². The largest absolute Gasteiger partial charge is 0.380 e. The number of nitrogens with one attached hydrogen (secondary N) is 2. The van der Waals surface area contributed by atoms with Gasteiger partial charge in [-0.3, -0.25) is 9.59 Å². The monoisotopic (exact) mass is 998 g/mol. The van der Waals surface area contributed by atoms with Crippen LogP contribution in [-0.2, 0) is 35.2 Å². The van der Waals surface area contributed by atoms with Crippen molar-refractivity contribution in [3.63, 3.8) is 0 Å². The summed E-state index contributed by atoms with van der Waals surface area (Å²) < 4.78 is 0.817. The number of oxime groups is 1. The SMILES string of the molecule is Cc1cnc(SC2=C(C(=O)ONC(=O)C(=NOC(c3ccccc3)(c3ccccc3)c3ccccc3)c3nc(NC(c4ccccc4)(c4ccccc4)c4ccccc4)sc3Cl)N3C(=O)CC3CC2)s1. The Bertz CT molecular complexity index is 3020. The molecule has 70 heavy (non-hydrogen) atoms. The number of fused-ring (bicyclic) bond motifs is 1. The highest BCUT2D eigenvalue weighted by molar-refractivity contribution is 8.04. The van der Waals surface area contributed by atoms with E-state index in [4.69, 9.17) is 31.4 Å². The van der Waals surface area contributed by atoms with Crippen LogP contribution >= 0.6 is 46.0 Å². The Hall–Kier alpha value is -7.36. The summed E-state index contributed by atoms with van der Waals surface area (Å²) in [6.45, 7) is 1.95. The Morgan fingerprint density at radius 1 is 0.729 bits per heavy atom. The van der Waals surface area contributed by atoms with Crippen molar-refractivity contribution < 1.29 is 24.1 Å². The van der Waals surface area contributed by atoms with E-state index in [9.17, 15) is 14.4 Å². The number of amides is 2. The lowest BCUT2D eigenvalue weighted by Crippen LogP contribution is -2.55. The molecule has 2 amide bonds. The molecule has 8 aromatic rings. The predicted molar refractivity (Wildman–Crippen MR) is 275 cm³/mol. The molecule has 1 atom stereocenters. The number of carbonyl (C=O) groups is 3. The first kappa shape index (κ1) is 46.4. The summed E-state index contributed by atoms with van der Waals surface area (Å²) in [5.74, 6) is -2.11. The van der Waals surface area contributed by atoms with Gasteiger partial charge in [0.1, 0.15) is 21.3 Å². The smallest absolute Gasteiger partial charge is 0.374 e. The molecule has 0 aliphatic carbocycles. The van der Waals surface area contributed by atoms with Gasteiger partial charge in [0.15, 0.2) is 15.2 Å². The molecule has 0 bridgehead atoms. The van der Waals surface area contributed by atoms with Crippen LogP contribution in [0.15, 0.2) is 208 Å². The number of β-lactam (4-membered cyclic amide) rings is 1. The molecule has 1 saturated heterocycles. The summed E-state index contributed by atoms with van der Waals surface area (Å²) in [6, 6.07) is 58.6. The van der Waals surface area contributed by atoms with E-state index in [0.717, 1.165) is 37.2 Å². The van der Waals surface area contributed by atoms with Gasteiger partial charge in [-0.1, -0.05) is 222 Å². The standard InChI is InChI=1S/C55H43ClN6O5S3/c1-36-35-57-53(68-36)69-44-33-32-43-34-45(63)62(43)48(44)51(65)66-61-50(64)47(60-67-55(40-26-14-5-15-27-40,41-28-16-6-17-29-41)42-30-18-7-19-31-42)46-49(56)70-52(58-46)59-54(37-20-8-2-9-21-37,38-22-10-3-11-23-38)39-24-12-4-13-25-39/h2-31,35,43H,32-34H2,1H3,(H,58,59)(H,61,64). The fourth-order valence-electron chi connectivity index (χ4n) is 8.98.